The van der Waals surface area contributed by atoms with Crippen LogP contribution in [0.3, 0.4) is 0 Å². The zero-order valence-corrected chi connectivity index (χ0v) is 18.2. The molecule has 0 amide bonds. The maximum absolute atomic E-state index is 13.9. The van der Waals surface area contributed by atoms with Gasteiger partial charge in [0.05, 0.1) is 31.5 Å². The number of ether oxygens (including phenoxy) is 1. The molecule has 0 unspecified atom stereocenters. The van der Waals surface area contributed by atoms with Crippen molar-refractivity contribution < 1.29 is 18.6 Å². The molecule has 1 aliphatic heterocycles. The number of imidazole rings is 1. The summed E-state index contributed by atoms with van der Waals surface area (Å²) >= 11 is 0. The molecule has 8 nitrogen and oxygen atoms in total. The van der Waals surface area contributed by atoms with Crippen LogP contribution in [-0.4, -0.2) is 55.6 Å². The van der Waals surface area contributed by atoms with E-state index in [1.807, 2.05) is 27.8 Å². The van der Waals surface area contributed by atoms with Gasteiger partial charge in [0, 0.05) is 48.7 Å². The Morgan fingerprint density at radius 1 is 1.12 bits per heavy atom. The second-order valence-electron chi connectivity index (χ2n) is 8.32. The lowest BCUT2D eigenvalue weighted by atomic mass is 10.1. The summed E-state index contributed by atoms with van der Waals surface area (Å²) in [4.78, 5) is 11.2. The number of aliphatic hydroxyl groups excluding tert-OH is 1. The largest absolute Gasteiger partial charge is 0.494 e. The summed E-state index contributed by atoms with van der Waals surface area (Å²) in [6.07, 6.45) is 4.81. The first-order valence-corrected chi connectivity index (χ1v) is 10.7. The maximum atomic E-state index is 13.9. The van der Waals surface area contributed by atoms with Crippen LogP contribution in [0, 0.1) is 11.6 Å². The monoisotopic (exact) mass is 462 g/mol. The van der Waals surface area contributed by atoms with E-state index in [-0.39, 0.29) is 6.54 Å². The van der Waals surface area contributed by atoms with E-state index in [1.165, 1.54) is 12.1 Å². The van der Waals surface area contributed by atoms with Crippen molar-refractivity contribution in [2.24, 2.45) is 0 Å². The van der Waals surface area contributed by atoms with Crippen LogP contribution in [0.4, 0.5) is 14.7 Å². The van der Waals surface area contributed by atoms with Crippen molar-refractivity contribution >= 4 is 22.6 Å². The van der Waals surface area contributed by atoms with Gasteiger partial charge >= 0.3 is 0 Å². The van der Waals surface area contributed by atoms with Gasteiger partial charge in [-0.05, 0) is 29.8 Å². The van der Waals surface area contributed by atoms with Gasteiger partial charge in [-0.1, -0.05) is 0 Å². The first-order valence-electron chi connectivity index (χ1n) is 10.7. The Balaban J connectivity index is 1.52. The van der Waals surface area contributed by atoms with Crippen molar-refractivity contribution in [2.75, 3.05) is 25.1 Å². The molecule has 0 bridgehead atoms. The zero-order valence-electron chi connectivity index (χ0n) is 18.2. The lowest BCUT2D eigenvalue weighted by Crippen LogP contribution is -2.51. The van der Waals surface area contributed by atoms with Gasteiger partial charge < -0.3 is 19.3 Å². The SMILES string of the molecule is COc1ccnn2ccc(-c3cnc4nc(N5CC(O)C5)n(Cc5cc(F)cc(F)c5)c4c3)c12. The van der Waals surface area contributed by atoms with Crippen molar-refractivity contribution in [3.05, 3.63) is 72.2 Å². The molecule has 172 valence electrons. The molecule has 5 heterocycles. The average Bonchev–Trinajstić information content (AvgIpc) is 3.37. The zero-order chi connectivity index (χ0) is 23.4. The fourth-order valence-corrected chi connectivity index (χ4v) is 4.45. The Morgan fingerprint density at radius 3 is 2.65 bits per heavy atom. The molecule has 1 N–H and O–H groups in total. The molecule has 0 saturated carbocycles. The van der Waals surface area contributed by atoms with Gasteiger partial charge in [0.15, 0.2) is 5.65 Å². The average molecular weight is 462 g/mol. The molecule has 6 rings (SSSR count). The maximum Gasteiger partial charge on any atom is 0.208 e. The molecule has 10 heteroatoms. The summed E-state index contributed by atoms with van der Waals surface area (Å²) in [7, 11) is 1.61. The highest BCUT2D eigenvalue weighted by Gasteiger charge is 2.29. The van der Waals surface area contributed by atoms with Crippen molar-refractivity contribution in [3.63, 3.8) is 0 Å². The third-order valence-electron chi connectivity index (χ3n) is 6.04. The van der Waals surface area contributed by atoms with Crippen molar-refractivity contribution in [1.82, 2.24) is 24.1 Å². The number of anilines is 1. The molecule has 1 saturated heterocycles. The van der Waals surface area contributed by atoms with Gasteiger partial charge in [0.2, 0.25) is 5.95 Å². The highest BCUT2D eigenvalue weighted by atomic mass is 19.1. The Labute approximate surface area is 192 Å². The molecule has 5 aromatic rings. The number of hydrogen-bond donors (Lipinski definition) is 1. The van der Waals surface area contributed by atoms with E-state index in [4.69, 9.17) is 4.74 Å². The van der Waals surface area contributed by atoms with Crippen molar-refractivity contribution in [2.45, 2.75) is 12.6 Å². The second-order valence-corrected chi connectivity index (χ2v) is 8.32. The number of aliphatic hydroxyl groups is 1. The number of nitrogens with zero attached hydrogens (tertiary/aromatic N) is 6. The van der Waals surface area contributed by atoms with Crippen molar-refractivity contribution in [1.29, 1.82) is 0 Å². The first-order chi connectivity index (χ1) is 16.5. The standard InChI is InChI=1S/C24H20F2N6O2/c1-34-21-2-4-28-32-5-3-19(22(21)32)15-8-20-23(27-10-15)29-24(30-12-18(33)13-30)31(20)11-14-6-16(25)9-17(26)7-14/h2-10,18,33H,11-13H2,1H3. The van der Waals surface area contributed by atoms with Crippen LogP contribution in [0.25, 0.3) is 27.8 Å². The minimum atomic E-state index is -0.640. The van der Waals surface area contributed by atoms with Crippen LogP contribution in [0.2, 0.25) is 0 Å². The number of hydrogen-bond acceptors (Lipinski definition) is 6. The van der Waals surface area contributed by atoms with Gasteiger partial charge in [-0.25, -0.2) is 18.3 Å². The normalized spacial score (nSPS) is 14.2. The molecule has 1 aliphatic rings. The second kappa shape index (κ2) is 7.77. The van der Waals surface area contributed by atoms with Gasteiger partial charge in [0.25, 0.3) is 0 Å². The third kappa shape index (κ3) is 3.34. The molecule has 0 atom stereocenters. The molecule has 0 radical (unpaired) electrons. The van der Waals surface area contributed by atoms with E-state index >= 15 is 0 Å². The number of β-amino-alcohol motifs (C(OH)–C–C–N with tert-alkyl or cyclic N) is 1. The Kier molecular flexibility index (Phi) is 4.70. The minimum absolute atomic E-state index is 0.194. The fraction of sp³-hybridized carbons (Fsp3) is 0.208. The van der Waals surface area contributed by atoms with Crippen LogP contribution in [0.15, 0.2) is 55.0 Å². The van der Waals surface area contributed by atoms with E-state index in [2.05, 4.69) is 15.1 Å². The van der Waals surface area contributed by atoms with Crippen LogP contribution < -0.4 is 9.64 Å². The Morgan fingerprint density at radius 2 is 1.91 bits per heavy atom. The number of fused-ring (bicyclic) bond motifs is 2. The van der Waals surface area contributed by atoms with E-state index in [9.17, 15) is 13.9 Å². The summed E-state index contributed by atoms with van der Waals surface area (Å²) in [5.41, 5.74) is 4.18. The molecule has 34 heavy (non-hydrogen) atoms. The molecular formula is C24H20F2N6O2. The highest BCUT2D eigenvalue weighted by Crippen LogP contribution is 2.34. The Hall–Kier alpha value is -4.05. The number of rotatable bonds is 5. The minimum Gasteiger partial charge on any atom is -0.494 e. The van der Waals surface area contributed by atoms with E-state index in [1.54, 1.807) is 30.1 Å². The summed E-state index contributed by atoms with van der Waals surface area (Å²) in [6, 6.07) is 9.13. The lowest BCUT2D eigenvalue weighted by molar-refractivity contribution is 0.140. The highest BCUT2D eigenvalue weighted by molar-refractivity contribution is 5.89. The molecule has 0 spiro atoms. The molecule has 0 aliphatic carbocycles. The summed E-state index contributed by atoms with van der Waals surface area (Å²) in [5, 5.41) is 14.2. The smallest absolute Gasteiger partial charge is 0.208 e. The van der Waals surface area contributed by atoms with Crippen LogP contribution in [0.5, 0.6) is 5.75 Å². The molecule has 1 aromatic carbocycles. The quantitative estimate of drug-likeness (QED) is 0.432. The molecule has 1 fully saturated rings. The topological polar surface area (TPSA) is 80.7 Å². The van der Waals surface area contributed by atoms with E-state index in [0.717, 1.165) is 22.7 Å². The van der Waals surface area contributed by atoms with Gasteiger partial charge in [-0.3, -0.25) is 0 Å². The number of pyridine rings is 1. The van der Waals surface area contributed by atoms with Gasteiger partial charge in [-0.15, -0.1) is 0 Å². The van der Waals surface area contributed by atoms with Crippen LogP contribution >= 0.6 is 0 Å². The number of benzene rings is 1. The summed E-state index contributed by atoms with van der Waals surface area (Å²) in [6.45, 7) is 1.06. The summed E-state index contributed by atoms with van der Waals surface area (Å²) < 4.78 is 36.9. The molecular weight excluding hydrogens is 442 g/mol. The fourth-order valence-electron chi connectivity index (χ4n) is 4.45. The van der Waals surface area contributed by atoms with Crippen molar-refractivity contribution in [3.8, 4) is 16.9 Å². The number of aromatic nitrogens is 5. The summed E-state index contributed by atoms with van der Waals surface area (Å²) in [5.74, 6) is -0.0113. The van der Waals surface area contributed by atoms with E-state index < -0.39 is 17.7 Å². The Bertz CT molecular complexity index is 1520. The molecule has 4 aromatic heterocycles. The van der Waals surface area contributed by atoms with Crippen LogP contribution in [-0.2, 0) is 6.54 Å². The number of halogens is 2. The predicted molar refractivity (Wildman–Crippen MR) is 122 cm³/mol. The van der Waals surface area contributed by atoms with Gasteiger partial charge in [0.1, 0.15) is 22.9 Å². The van der Waals surface area contributed by atoms with Gasteiger partial charge in [-0.2, -0.15) is 10.1 Å². The first kappa shape index (κ1) is 20.5. The predicted octanol–water partition coefficient (Wildman–Crippen LogP) is 3.26. The lowest BCUT2D eigenvalue weighted by Gasteiger charge is -2.36. The number of methoxy groups -OCH3 is 1. The van der Waals surface area contributed by atoms with E-state index in [0.29, 0.717) is 41.5 Å². The van der Waals surface area contributed by atoms with Crippen LogP contribution in [0.1, 0.15) is 5.56 Å². The third-order valence-corrected chi connectivity index (χ3v) is 6.04.